The molecule has 144 valence electrons. The van der Waals surface area contributed by atoms with Crippen molar-refractivity contribution in [3.05, 3.63) is 36.8 Å². The smallest absolute Gasteiger partial charge is 0.353 e. The van der Waals surface area contributed by atoms with Crippen molar-refractivity contribution in [2.75, 3.05) is 11.9 Å². The minimum Gasteiger partial charge on any atom is -0.353 e. The molecule has 5 rings (SSSR count). The summed E-state index contributed by atoms with van der Waals surface area (Å²) in [6, 6.07) is 1.33. The van der Waals surface area contributed by atoms with E-state index >= 15 is 0 Å². The van der Waals surface area contributed by atoms with Gasteiger partial charge in [-0.2, -0.15) is 23.3 Å². The van der Waals surface area contributed by atoms with Crippen LogP contribution in [0.5, 0.6) is 0 Å². The molecule has 11 heteroatoms. The van der Waals surface area contributed by atoms with E-state index in [4.69, 9.17) is 0 Å². The fourth-order valence-electron chi connectivity index (χ4n) is 3.22. The van der Waals surface area contributed by atoms with Crippen molar-refractivity contribution in [2.24, 2.45) is 5.41 Å². The number of anilines is 1. The maximum atomic E-state index is 14.2. The summed E-state index contributed by atoms with van der Waals surface area (Å²) < 4.78 is 54.6. The fraction of sp³-hybridized carbons (Fsp3) is 0.294. The van der Waals surface area contributed by atoms with Gasteiger partial charge in [0.05, 0.1) is 5.41 Å². The maximum Gasteiger partial charge on any atom is 0.396 e. The Kier molecular flexibility index (Phi) is 3.40. The van der Waals surface area contributed by atoms with E-state index < -0.39 is 17.4 Å². The van der Waals surface area contributed by atoms with E-state index in [0.717, 1.165) is 0 Å². The number of alkyl halides is 3. The van der Waals surface area contributed by atoms with E-state index in [0.29, 0.717) is 22.2 Å². The first-order valence-electron chi connectivity index (χ1n) is 8.50. The highest BCUT2D eigenvalue weighted by Crippen LogP contribution is 2.57. The van der Waals surface area contributed by atoms with Gasteiger partial charge in [-0.05, 0) is 18.9 Å². The number of hydrogen-bond acceptors (Lipinski definition) is 5. The second-order valence-corrected chi connectivity index (χ2v) is 6.89. The lowest BCUT2D eigenvalue weighted by Gasteiger charge is -2.19. The van der Waals surface area contributed by atoms with Crippen LogP contribution in [-0.4, -0.2) is 42.3 Å². The van der Waals surface area contributed by atoms with E-state index in [-0.39, 0.29) is 31.0 Å². The molecule has 0 saturated heterocycles. The SMILES string of the molecule is Fc1cc(-c2c[nH]c3nc(NCC4(C(F)(F)F)CC4)ncc23)cn2ncnc12. The van der Waals surface area contributed by atoms with Crippen molar-refractivity contribution in [1.82, 2.24) is 29.5 Å². The Morgan fingerprint density at radius 1 is 1.25 bits per heavy atom. The average Bonchev–Trinajstić information content (AvgIpc) is 3.11. The highest BCUT2D eigenvalue weighted by atomic mass is 19.4. The van der Waals surface area contributed by atoms with E-state index in [2.05, 4.69) is 30.4 Å². The van der Waals surface area contributed by atoms with Crippen molar-refractivity contribution in [2.45, 2.75) is 19.0 Å². The second-order valence-electron chi connectivity index (χ2n) is 6.89. The van der Waals surface area contributed by atoms with Crippen LogP contribution in [0.25, 0.3) is 27.8 Å². The summed E-state index contributed by atoms with van der Waals surface area (Å²) in [5.74, 6) is -0.417. The summed E-state index contributed by atoms with van der Waals surface area (Å²) in [6.07, 6.45) is 1.98. The minimum absolute atomic E-state index is 0.106. The third-order valence-electron chi connectivity index (χ3n) is 5.11. The molecule has 1 aliphatic rings. The molecule has 0 atom stereocenters. The second kappa shape index (κ2) is 5.63. The number of pyridine rings is 1. The number of rotatable bonds is 4. The van der Waals surface area contributed by atoms with Crippen LogP contribution in [0.3, 0.4) is 0 Å². The summed E-state index contributed by atoms with van der Waals surface area (Å²) in [5, 5.41) is 7.23. The molecule has 2 N–H and O–H groups in total. The number of nitrogens with one attached hydrogen (secondary N) is 2. The molecule has 1 saturated carbocycles. The Bertz CT molecular complexity index is 1190. The molecule has 7 nitrogen and oxygen atoms in total. The van der Waals surface area contributed by atoms with Crippen molar-refractivity contribution in [3.63, 3.8) is 0 Å². The normalized spacial score (nSPS) is 16.0. The number of nitrogens with zero attached hydrogens (tertiary/aromatic N) is 5. The Labute approximate surface area is 154 Å². The number of hydrogen-bond donors (Lipinski definition) is 2. The van der Waals surface area contributed by atoms with Crippen LogP contribution >= 0.6 is 0 Å². The molecule has 0 aliphatic heterocycles. The Balaban J connectivity index is 1.45. The molecule has 0 radical (unpaired) electrons. The zero-order chi connectivity index (χ0) is 19.5. The van der Waals surface area contributed by atoms with Gasteiger partial charge >= 0.3 is 6.18 Å². The summed E-state index contributed by atoms with van der Waals surface area (Å²) in [4.78, 5) is 15.1. The van der Waals surface area contributed by atoms with Crippen LogP contribution in [0, 0.1) is 11.2 Å². The number of fused-ring (bicyclic) bond motifs is 2. The van der Waals surface area contributed by atoms with Crippen molar-refractivity contribution in [3.8, 4) is 11.1 Å². The van der Waals surface area contributed by atoms with Gasteiger partial charge in [-0.25, -0.2) is 18.9 Å². The van der Waals surface area contributed by atoms with Crippen LogP contribution < -0.4 is 5.32 Å². The molecule has 1 aliphatic carbocycles. The van der Waals surface area contributed by atoms with Crippen LogP contribution in [0.15, 0.2) is 31.0 Å². The molecule has 0 aromatic carbocycles. The van der Waals surface area contributed by atoms with Crippen LogP contribution in [-0.2, 0) is 0 Å². The zero-order valence-electron chi connectivity index (χ0n) is 14.3. The molecule has 4 aromatic rings. The van der Waals surface area contributed by atoms with E-state index in [1.807, 2.05) is 0 Å². The predicted octanol–water partition coefficient (Wildman–Crippen LogP) is 3.56. The summed E-state index contributed by atoms with van der Waals surface area (Å²) in [5.41, 5.74) is 0.0528. The van der Waals surface area contributed by atoms with Gasteiger partial charge in [-0.15, -0.1) is 0 Å². The molecule has 1 fully saturated rings. The summed E-state index contributed by atoms with van der Waals surface area (Å²) in [6.45, 7) is -0.260. The van der Waals surface area contributed by atoms with Gasteiger partial charge in [-0.3, -0.25) is 0 Å². The average molecular weight is 391 g/mol. The lowest BCUT2D eigenvalue weighted by molar-refractivity contribution is -0.182. The monoisotopic (exact) mass is 391 g/mol. The van der Waals surface area contributed by atoms with Crippen molar-refractivity contribution >= 4 is 22.6 Å². The predicted molar refractivity (Wildman–Crippen MR) is 92.0 cm³/mol. The lowest BCUT2D eigenvalue weighted by Crippen LogP contribution is -2.31. The minimum atomic E-state index is -4.24. The highest BCUT2D eigenvalue weighted by molar-refractivity contribution is 5.93. The molecule has 4 aromatic heterocycles. The zero-order valence-corrected chi connectivity index (χ0v) is 14.3. The standard InChI is InChI=1S/C17H13F4N7/c18-12-3-9(6-28-14(12)25-8-26-28)10-4-22-13-11(10)5-23-15(27-13)24-7-16(1-2-16)17(19,20)21/h3-6,8H,1-2,7H2,(H2,22,23,24,27). The molecule has 0 unspecified atom stereocenters. The largest absolute Gasteiger partial charge is 0.396 e. The van der Waals surface area contributed by atoms with Gasteiger partial charge in [0.2, 0.25) is 5.95 Å². The van der Waals surface area contributed by atoms with Crippen LogP contribution in [0.2, 0.25) is 0 Å². The molecule has 4 heterocycles. The summed E-state index contributed by atoms with van der Waals surface area (Å²) in [7, 11) is 0. The molecule has 0 bridgehead atoms. The third-order valence-corrected chi connectivity index (χ3v) is 5.11. The lowest BCUT2D eigenvalue weighted by atomic mass is 10.1. The highest BCUT2D eigenvalue weighted by Gasteiger charge is 2.62. The van der Waals surface area contributed by atoms with E-state index in [1.165, 1.54) is 23.1 Å². The topological polar surface area (TPSA) is 83.8 Å². The van der Waals surface area contributed by atoms with E-state index in [9.17, 15) is 17.6 Å². The maximum absolute atomic E-state index is 14.2. The number of aromatic nitrogens is 6. The van der Waals surface area contributed by atoms with Gasteiger partial charge in [0.15, 0.2) is 11.5 Å². The van der Waals surface area contributed by atoms with Crippen LogP contribution in [0.1, 0.15) is 12.8 Å². The quantitative estimate of drug-likeness (QED) is 0.520. The first kappa shape index (κ1) is 16.9. The number of halogens is 4. The van der Waals surface area contributed by atoms with Crippen LogP contribution in [0.4, 0.5) is 23.5 Å². The van der Waals surface area contributed by atoms with Crippen molar-refractivity contribution in [1.29, 1.82) is 0 Å². The fourth-order valence-corrected chi connectivity index (χ4v) is 3.22. The van der Waals surface area contributed by atoms with Gasteiger partial charge in [0, 0.05) is 41.6 Å². The Morgan fingerprint density at radius 2 is 2.07 bits per heavy atom. The van der Waals surface area contributed by atoms with Gasteiger partial charge in [-0.1, -0.05) is 0 Å². The molecular weight excluding hydrogens is 378 g/mol. The van der Waals surface area contributed by atoms with Crippen molar-refractivity contribution < 1.29 is 17.6 Å². The Hall–Kier alpha value is -3.24. The third kappa shape index (κ3) is 2.57. The number of H-pyrrole nitrogens is 1. The van der Waals surface area contributed by atoms with Gasteiger partial charge in [0.25, 0.3) is 0 Å². The first-order chi connectivity index (χ1) is 13.4. The van der Waals surface area contributed by atoms with Gasteiger partial charge in [0.1, 0.15) is 12.0 Å². The number of aromatic amines is 1. The summed E-state index contributed by atoms with van der Waals surface area (Å²) >= 11 is 0. The van der Waals surface area contributed by atoms with Gasteiger partial charge < -0.3 is 10.3 Å². The molecule has 28 heavy (non-hydrogen) atoms. The van der Waals surface area contributed by atoms with E-state index in [1.54, 1.807) is 12.4 Å². The molecular formula is C17H13F4N7. The first-order valence-corrected chi connectivity index (χ1v) is 8.50. The molecule has 0 spiro atoms. The Morgan fingerprint density at radius 3 is 2.82 bits per heavy atom. The molecule has 0 amide bonds.